The Morgan fingerprint density at radius 2 is 1.90 bits per heavy atom. The van der Waals surface area contributed by atoms with E-state index >= 15 is 0 Å². The molecule has 3 rings (SSSR count). The summed E-state index contributed by atoms with van der Waals surface area (Å²) in [6, 6.07) is 16.0. The van der Waals surface area contributed by atoms with Crippen molar-refractivity contribution in [2.24, 2.45) is 5.16 Å². The van der Waals surface area contributed by atoms with E-state index in [1.165, 1.54) is 4.31 Å². The summed E-state index contributed by atoms with van der Waals surface area (Å²) in [5.41, 5.74) is 3.12. The first-order chi connectivity index (χ1) is 15.0. The van der Waals surface area contributed by atoms with Crippen molar-refractivity contribution < 1.29 is 18.0 Å². The van der Waals surface area contributed by atoms with Crippen LogP contribution in [0.15, 0.2) is 58.6 Å². The summed E-state index contributed by atoms with van der Waals surface area (Å²) in [5.74, 6) is 0. The van der Waals surface area contributed by atoms with Crippen molar-refractivity contribution in [3.63, 3.8) is 0 Å². The number of nitrogens with one attached hydrogen (secondary N) is 1. The highest BCUT2D eigenvalue weighted by Gasteiger charge is 2.28. The van der Waals surface area contributed by atoms with Gasteiger partial charge in [0.1, 0.15) is 6.61 Å². The van der Waals surface area contributed by atoms with Crippen molar-refractivity contribution in [2.45, 2.75) is 24.3 Å². The number of ether oxygens (including phenoxy) is 1. The Morgan fingerprint density at radius 1 is 1.16 bits per heavy atom. The largest absolute Gasteiger partial charge is 0.391 e. The minimum Gasteiger partial charge on any atom is -0.391 e. The maximum atomic E-state index is 12.9. The number of methoxy groups -OCH3 is 1. The van der Waals surface area contributed by atoms with Gasteiger partial charge in [-0.3, -0.25) is 0 Å². The van der Waals surface area contributed by atoms with Gasteiger partial charge in [-0.2, -0.15) is 9.57 Å². The van der Waals surface area contributed by atoms with E-state index in [9.17, 15) is 8.42 Å². The number of nitrogens with zero attached hydrogens (tertiary/aromatic N) is 3. The SMILES string of the molecule is COCCNc1ccc(S(=O)(=O)N2CCC(=NOCc3cccc(C#N)c3)CC2)cc1. The van der Waals surface area contributed by atoms with Crippen LogP contribution in [0.1, 0.15) is 24.0 Å². The first-order valence-corrected chi connectivity index (χ1v) is 11.5. The zero-order valence-electron chi connectivity index (χ0n) is 17.5. The molecule has 1 aliphatic heterocycles. The summed E-state index contributed by atoms with van der Waals surface area (Å²) in [6.45, 7) is 2.23. The zero-order valence-corrected chi connectivity index (χ0v) is 18.3. The monoisotopic (exact) mass is 442 g/mol. The van der Waals surface area contributed by atoms with E-state index in [1.807, 2.05) is 6.07 Å². The van der Waals surface area contributed by atoms with Crippen LogP contribution in [0.2, 0.25) is 0 Å². The molecule has 1 N–H and O–H groups in total. The number of piperidine rings is 1. The van der Waals surface area contributed by atoms with Crippen LogP contribution in [0.5, 0.6) is 0 Å². The molecule has 0 unspecified atom stereocenters. The van der Waals surface area contributed by atoms with Crippen LogP contribution >= 0.6 is 0 Å². The molecule has 0 bridgehead atoms. The van der Waals surface area contributed by atoms with E-state index in [1.54, 1.807) is 49.6 Å². The molecule has 2 aromatic carbocycles. The van der Waals surface area contributed by atoms with Crippen LogP contribution in [-0.4, -0.2) is 51.8 Å². The molecule has 0 spiro atoms. The van der Waals surface area contributed by atoms with Crippen LogP contribution in [0, 0.1) is 11.3 Å². The van der Waals surface area contributed by atoms with Gasteiger partial charge in [0.15, 0.2) is 0 Å². The Bertz CT molecular complexity index is 1040. The van der Waals surface area contributed by atoms with E-state index in [0.717, 1.165) is 17.0 Å². The summed E-state index contributed by atoms with van der Waals surface area (Å²) in [4.78, 5) is 5.69. The second-order valence-corrected chi connectivity index (χ2v) is 9.03. The molecular formula is C22H26N4O4S. The molecule has 0 amide bonds. The molecule has 9 heteroatoms. The van der Waals surface area contributed by atoms with Crippen molar-refractivity contribution in [3.8, 4) is 6.07 Å². The van der Waals surface area contributed by atoms with Crippen molar-refractivity contribution in [2.75, 3.05) is 38.7 Å². The standard InChI is InChI=1S/C22H26N4O4S/c1-29-14-11-24-20-5-7-22(8-6-20)31(27,28)26-12-9-21(10-13-26)25-30-17-19-4-2-3-18(15-19)16-23/h2-8,15,24H,9-14,17H2,1H3. The third-order valence-electron chi connectivity index (χ3n) is 4.91. The van der Waals surface area contributed by atoms with Gasteiger partial charge in [0.25, 0.3) is 0 Å². The number of anilines is 1. The molecule has 2 aromatic rings. The quantitative estimate of drug-likeness (QED) is 0.473. The van der Waals surface area contributed by atoms with E-state index in [0.29, 0.717) is 44.6 Å². The Balaban J connectivity index is 1.52. The second kappa shape index (κ2) is 10.9. The van der Waals surface area contributed by atoms with Gasteiger partial charge >= 0.3 is 0 Å². The lowest BCUT2D eigenvalue weighted by molar-refractivity contribution is 0.128. The van der Waals surface area contributed by atoms with E-state index in [4.69, 9.17) is 14.8 Å². The smallest absolute Gasteiger partial charge is 0.243 e. The lowest BCUT2D eigenvalue weighted by Crippen LogP contribution is -2.38. The highest BCUT2D eigenvalue weighted by molar-refractivity contribution is 7.89. The summed E-state index contributed by atoms with van der Waals surface area (Å²) < 4.78 is 32.3. The molecule has 0 atom stereocenters. The fourth-order valence-electron chi connectivity index (χ4n) is 3.20. The Labute approximate surface area is 183 Å². The van der Waals surface area contributed by atoms with Gasteiger partial charge in [-0.15, -0.1) is 0 Å². The predicted octanol–water partition coefficient (Wildman–Crippen LogP) is 2.97. The van der Waals surface area contributed by atoms with Crippen molar-refractivity contribution in [1.29, 1.82) is 5.26 Å². The molecule has 8 nitrogen and oxygen atoms in total. The fraction of sp³-hybridized carbons (Fsp3) is 0.364. The Hall–Kier alpha value is -2.93. The van der Waals surface area contributed by atoms with E-state index in [2.05, 4.69) is 16.5 Å². The van der Waals surface area contributed by atoms with Crippen molar-refractivity contribution in [1.82, 2.24) is 4.31 Å². The first-order valence-electron chi connectivity index (χ1n) is 10.0. The molecule has 0 aromatic heterocycles. The third kappa shape index (κ3) is 6.28. The van der Waals surface area contributed by atoms with E-state index < -0.39 is 10.0 Å². The average molecular weight is 443 g/mol. The second-order valence-electron chi connectivity index (χ2n) is 7.09. The molecule has 0 saturated carbocycles. The number of hydrogen-bond acceptors (Lipinski definition) is 7. The molecule has 1 saturated heterocycles. The minimum absolute atomic E-state index is 0.270. The zero-order chi connectivity index (χ0) is 22.1. The molecule has 0 radical (unpaired) electrons. The van der Waals surface area contributed by atoms with Gasteiger partial charge in [-0.1, -0.05) is 17.3 Å². The summed E-state index contributed by atoms with van der Waals surface area (Å²) in [7, 11) is -1.91. The molecule has 1 heterocycles. The average Bonchev–Trinajstić information content (AvgIpc) is 2.80. The predicted molar refractivity (Wildman–Crippen MR) is 118 cm³/mol. The van der Waals surface area contributed by atoms with Crippen molar-refractivity contribution in [3.05, 3.63) is 59.7 Å². The Morgan fingerprint density at radius 3 is 2.58 bits per heavy atom. The topological polar surface area (TPSA) is 104 Å². The van der Waals surface area contributed by atoms with Crippen LogP contribution in [0.25, 0.3) is 0 Å². The number of sulfonamides is 1. The summed E-state index contributed by atoms with van der Waals surface area (Å²) in [5, 5.41) is 16.3. The fourth-order valence-corrected chi connectivity index (χ4v) is 4.64. The number of rotatable bonds is 9. The van der Waals surface area contributed by atoms with Crippen LogP contribution in [-0.2, 0) is 26.2 Å². The van der Waals surface area contributed by atoms with Gasteiger partial charge in [0, 0.05) is 45.3 Å². The molecule has 164 valence electrons. The molecule has 1 aliphatic rings. The lowest BCUT2D eigenvalue weighted by Gasteiger charge is -2.26. The molecule has 1 fully saturated rings. The normalized spacial score (nSPS) is 14.6. The van der Waals surface area contributed by atoms with Gasteiger partial charge in [-0.05, 0) is 42.0 Å². The number of oxime groups is 1. The molecule has 31 heavy (non-hydrogen) atoms. The first kappa shape index (κ1) is 22.7. The maximum absolute atomic E-state index is 12.9. The van der Waals surface area contributed by atoms with Gasteiger partial charge in [0.05, 0.1) is 28.8 Å². The number of nitriles is 1. The van der Waals surface area contributed by atoms with Gasteiger partial charge in [-0.25, -0.2) is 8.42 Å². The minimum atomic E-state index is -3.54. The number of hydrogen-bond donors (Lipinski definition) is 1. The van der Waals surface area contributed by atoms with Crippen LogP contribution < -0.4 is 5.32 Å². The summed E-state index contributed by atoms with van der Waals surface area (Å²) in [6.07, 6.45) is 1.04. The Kier molecular flexibility index (Phi) is 8.00. The highest BCUT2D eigenvalue weighted by Crippen LogP contribution is 2.21. The number of benzene rings is 2. The van der Waals surface area contributed by atoms with Crippen molar-refractivity contribution >= 4 is 21.4 Å². The van der Waals surface area contributed by atoms with E-state index in [-0.39, 0.29) is 11.5 Å². The lowest BCUT2D eigenvalue weighted by atomic mass is 10.1. The third-order valence-corrected chi connectivity index (χ3v) is 6.82. The van der Waals surface area contributed by atoms with Crippen LogP contribution in [0.3, 0.4) is 0 Å². The van der Waals surface area contributed by atoms with Gasteiger partial charge in [0.2, 0.25) is 10.0 Å². The highest BCUT2D eigenvalue weighted by atomic mass is 32.2. The maximum Gasteiger partial charge on any atom is 0.243 e. The molecular weight excluding hydrogens is 416 g/mol. The van der Waals surface area contributed by atoms with Crippen LogP contribution in [0.4, 0.5) is 5.69 Å². The molecule has 0 aliphatic carbocycles. The van der Waals surface area contributed by atoms with Gasteiger partial charge < -0.3 is 14.9 Å². The summed E-state index contributed by atoms with van der Waals surface area (Å²) >= 11 is 0.